The van der Waals surface area contributed by atoms with Crippen LogP contribution >= 0.6 is 0 Å². The molecule has 4 aromatic rings. The molecule has 9 nitrogen and oxygen atoms in total. The van der Waals surface area contributed by atoms with Gasteiger partial charge in [0, 0.05) is 24.2 Å². The average Bonchev–Trinajstić information content (AvgIpc) is 3.39. The molecule has 1 N–H and O–H groups in total. The number of fused-ring (bicyclic) bond motifs is 2. The van der Waals surface area contributed by atoms with Gasteiger partial charge in [0.05, 0.1) is 29.9 Å². The van der Waals surface area contributed by atoms with Gasteiger partial charge in [0.1, 0.15) is 11.3 Å². The van der Waals surface area contributed by atoms with Gasteiger partial charge in [0.2, 0.25) is 5.76 Å². The van der Waals surface area contributed by atoms with Crippen molar-refractivity contribution in [2.24, 2.45) is 0 Å². The third-order valence-electron chi connectivity index (χ3n) is 5.80. The van der Waals surface area contributed by atoms with E-state index >= 15 is 0 Å². The molecule has 1 saturated heterocycles. The largest absolute Gasteiger partial charge is 0.449 e. The normalized spacial score (nSPS) is 14.4. The number of aromatic nitrogens is 2. The summed E-state index contributed by atoms with van der Waals surface area (Å²) in [6.07, 6.45) is 0. The first kappa shape index (κ1) is 21.1. The third-order valence-corrected chi connectivity index (χ3v) is 5.80. The fourth-order valence-corrected chi connectivity index (χ4v) is 4.00. The summed E-state index contributed by atoms with van der Waals surface area (Å²) in [4.78, 5) is 33.0. The number of amides is 2. The fourth-order valence-electron chi connectivity index (χ4n) is 4.00. The molecule has 5 rings (SSSR count). The molecule has 1 fully saturated rings. The van der Waals surface area contributed by atoms with Gasteiger partial charge in [0.25, 0.3) is 17.5 Å². The zero-order valence-corrected chi connectivity index (χ0v) is 18.7. The van der Waals surface area contributed by atoms with Crippen molar-refractivity contribution in [3.63, 3.8) is 0 Å². The van der Waals surface area contributed by atoms with Crippen molar-refractivity contribution in [1.82, 2.24) is 15.0 Å². The first-order valence-corrected chi connectivity index (χ1v) is 10.9. The van der Waals surface area contributed by atoms with Gasteiger partial charge >= 0.3 is 0 Å². The summed E-state index contributed by atoms with van der Waals surface area (Å²) in [7, 11) is 0. The van der Waals surface area contributed by atoms with E-state index in [9.17, 15) is 9.59 Å². The van der Waals surface area contributed by atoms with Gasteiger partial charge in [-0.2, -0.15) is 0 Å². The molecule has 0 saturated carbocycles. The first-order chi connectivity index (χ1) is 15.9. The van der Waals surface area contributed by atoms with Crippen molar-refractivity contribution in [1.29, 1.82) is 0 Å². The average molecular weight is 448 g/mol. The summed E-state index contributed by atoms with van der Waals surface area (Å²) < 4.78 is 16.6. The van der Waals surface area contributed by atoms with Crippen molar-refractivity contribution in [2.45, 2.75) is 26.7 Å². The second kappa shape index (κ2) is 8.32. The van der Waals surface area contributed by atoms with Gasteiger partial charge in [-0.15, -0.1) is 0 Å². The Morgan fingerprint density at radius 1 is 1.15 bits per heavy atom. The summed E-state index contributed by atoms with van der Waals surface area (Å²) in [5, 5.41) is 8.12. The van der Waals surface area contributed by atoms with Crippen molar-refractivity contribution in [2.75, 3.05) is 31.6 Å². The van der Waals surface area contributed by atoms with E-state index in [0.29, 0.717) is 71.0 Å². The van der Waals surface area contributed by atoms with Gasteiger partial charge < -0.3 is 23.9 Å². The lowest BCUT2D eigenvalue weighted by Crippen LogP contribution is -2.40. The van der Waals surface area contributed by atoms with Gasteiger partial charge in [0.15, 0.2) is 0 Å². The lowest BCUT2D eigenvalue weighted by molar-refractivity contribution is 0.0285. The Balaban J connectivity index is 1.59. The summed E-state index contributed by atoms with van der Waals surface area (Å²) in [6.45, 7) is 7.60. The third kappa shape index (κ3) is 3.74. The van der Waals surface area contributed by atoms with Gasteiger partial charge in [-0.25, -0.2) is 4.98 Å². The van der Waals surface area contributed by atoms with Crippen LogP contribution in [0.4, 0.5) is 5.69 Å². The maximum atomic E-state index is 13.6. The molecule has 0 bridgehead atoms. The smallest absolute Gasteiger partial charge is 0.291 e. The van der Waals surface area contributed by atoms with Gasteiger partial charge in [-0.1, -0.05) is 31.1 Å². The Labute approximate surface area is 189 Å². The first-order valence-electron chi connectivity index (χ1n) is 10.9. The van der Waals surface area contributed by atoms with E-state index in [4.69, 9.17) is 13.7 Å². The number of carbonyl (C=O) groups excluding carboxylic acids is 2. The number of furan rings is 1. The predicted molar refractivity (Wildman–Crippen MR) is 122 cm³/mol. The van der Waals surface area contributed by atoms with E-state index in [2.05, 4.69) is 15.5 Å². The number of nitrogens with zero attached hydrogens (tertiary/aromatic N) is 3. The molecule has 0 unspecified atom stereocenters. The zero-order chi connectivity index (χ0) is 23.1. The van der Waals surface area contributed by atoms with Crippen LogP contribution < -0.4 is 5.32 Å². The molecular weight excluding hydrogens is 424 g/mol. The van der Waals surface area contributed by atoms with Crippen LogP contribution in [0.2, 0.25) is 0 Å². The van der Waals surface area contributed by atoms with Crippen molar-refractivity contribution in [3.05, 3.63) is 53.0 Å². The number of nitrogens with one attached hydrogen (secondary N) is 1. The highest BCUT2D eigenvalue weighted by atomic mass is 16.5. The summed E-state index contributed by atoms with van der Waals surface area (Å²) >= 11 is 0. The van der Waals surface area contributed by atoms with Crippen LogP contribution in [0.25, 0.3) is 22.1 Å². The predicted octanol–water partition coefficient (Wildman–Crippen LogP) is 4.13. The van der Waals surface area contributed by atoms with Crippen molar-refractivity contribution < 1.29 is 23.3 Å². The highest BCUT2D eigenvalue weighted by molar-refractivity contribution is 6.17. The molecule has 2 amide bonds. The maximum Gasteiger partial charge on any atom is 0.291 e. The Hall–Kier alpha value is -3.72. The number of morpholine rings is 1. The molecule has 0 radical (unpaired) electrons. The van der Waals surface area contributed by atoms with Crippen LogP contribution in [0.5, 0.6) is 0 Å². The van der Waals surface area contributed by atoms with Crippen molar-refractivity contribution >= 4 is 39.6 Å². The van der Waals surface area contributed by atoms with E-state index in [1.54, 1.807) is 24.0 Å². The molecule has 3 aromatic heterocycles. The van der Waals surface area contributed by atoms with E-state index in [1.165, 1.54) is 0 Å². The standard InChI is InChI=1S/C24H24N4O5/c1-13(2)17-12-16(19-14(3)27-33-23(19)25-17)22(29)26-20-15-6-4-5-7-18(15)32-21(20)24(30)28-8-10-31-11-9-28/h4-7,12-13H,8-11H2,1-3H3,(H,26,29). The molecular formula is C24H24N4O5. The Bertz CT molecular complexity index is 1360. The molecule has 1 aliphatic rings. The fraction of sp³-hybridized carbons (Fsp3) is 0.333. The van der Waals surface area contributed by atoms with Crippen LogP contribution in [0.3, 0.4) is 0 Å². The van der Waals surface area contributed by atoms with E-state index in [0.717, 1.165) is 0 Å². The van der Waals surface area contributed by atoms with Crippen molar-refractivity contribution in [3.8, 4) is 0 Å². The number of anilines is 1. The van der Waals surface area contributed by atoms with Gasteiger partial charge in [-0.3, -0.25) is 9.59 Å². The highest BCUT2D eigenvalue weighted by Crippen LogP contribution is 2.33. The van der Waals surface area contributed by atoms with E-state index in [1.807, 2.05) is 32.0 Å². The quantitative estimate of drug-likeness (QED) is 0.500. The molecule has 0 atom stereocenters. The number of hydrogen-bond acceptors (Lipinski definition) is 7. The topological polar surface area (TPSA) is 111 Å². The molecule has 1 aliphatic heterocycles. The molecule has 170 valence electrons. The molecule has 33 heavy (non-hydrogen) atoms. The van der Waals surface area contributed by atoms with E-state index < -0.39 is 5.91 Å². The molecule has 0 aliphatic carbocycles. The molecule has 9 heteroatoms. The summed E-state index contributed by atoms with van der Waals surface area (Å²) in [5.74, 6) is -0.491. The number of benzene rings is 1. The van der Waals surface area contributed by atoms with Crippen LogP contribution in [-0.4, -0.2) is 53.2 Å². The number of ether oxygens (including phenoxy) is 1. The second-order valence-electron chi connectivity index (χ2n) is 8.36. The summed E-state index contributed by atoms with van der Waals surface area (Å²) in [5.41, 5.74) is 2.85. The lowest BCUT2D eigenvalue weighted by atomic mass is 10.0. The number of para-hydroxylation sites is 1. The van der Waals surface area contributed by atoms with Crippen LogP contribution in [0, 0.1) is 6.92 Å². The number of aryl methyl sites for hydroxylation is 1. The summed E-state index contributed by atoms with van der Waals surface area (Å²) in [6, 6.07) is 8.99. The van der Waals surface area contributed by atoms with Crippen LogP contribution in [0.1, 0.15) is 52.1 Å². The van der Waals surface area contributed by atoms with Crippen LogP contribution in [0.15, 0.2) is 39.3 Å². The number of rotatable bonds is 4. The van der Waals surface area contributed by atoms with E-state index in [-0.39, 0.29) is 17.6 Å². The minimum absolute atomic E-state index is 0.0829. The molecule has 0 spiro atoms. The minimum Gasteiger partial charge on any atom is -0.449 e. The highest BCUT2D eigenvalue weighted by Gasteiger charge is 2.29. The monoisotopic (exact) mass is 448 g/mol. The molecule has 4 heterocycles. The zero-order valence-electron chi connectivity index (χ0n) is 18.7. The maximum absolute atomic E-state index is 13.6. The number of pyridine rings is 1. The Morgan fingerprint density at radius 2 is 1.91 bits per heavy atom. The number of hydrogen-bond donors (Lipinski definition) is 1. The lowest BCUT2D eigenvalue weighted by Gasteiger charge is -2.26. The Kier molecular flexibility index (Phi) is 5.33. The van der Waals surface area contributed by atoms with Gasteiger partial charge in [-0.05, 0) is 31.0 Å². The van der Waals surface area contributed by atoms with Crippen LogP contribution in [-0.2, 0) is 4.74 Å². The second-order valence-corrected chi connectivity index (χ2v) is 8.36. The minimum atomic E-state index is -0.391. The molecule has 1 aromatic carbocycles. The SMILES string of the molecule is Cc1noc2nc(C(C)C)cc(C(=O)Nc3c(C(=O)N4CCOCC4)oc4ccccc34)c12. The Morgan fingerprint density at radius 3 is 2.67 bits per heavy atom. The number of carbonyl (C=O) groups is 2.